The molecule has 1 N–H and O–H groups in total. The van der Waals surface area contributed by atoms with Crippen molar-refractivity contribution in [2.24, 2.45) is 0 Å². The van der Waals surface area contributed by atoms with Crippen LogP contribution >= 0.6 is 0 Å². The van der Waals surface area contributed by atoms with Crippen molar-refractivity contribution in [1.29, 1.82) is 0 Å². The number of ketones is 1. The van der Waals surface area contributed by atoms with E-state index in [0.717, 1.165) is 17.5 Å². The molecule has 1 aliphatic heterocycles. The summed E-state index contributed by atoms with van der Waals surface area (Å²) in [4.78, 5) is 27.9. The maximum atomic E-state index is 13.3. The Labute approximate surface area is 193 Å². The summed E-state index contributed by atoms with van der Waals surface area (Å²) in [6, 6.07) is 15.2. The Morgan fingerprint density at radius 1 is 1.06 bits per heavy atom. The molecule has 1 fully saturated rings. The topological polar surface area (TPSA) is 80.0 Å². The third-order valence-corrected chi connectivity index (χ3v) is 5.67. The van der Waals surface area contributed by atoms with Crippen molar-refractivity contribution in [3.05, 3.63) is 88.4 Å². The number of Topliss-reactive ketones (excluding diaryl/α,β-unsaturated/α-hetero) is 1. The summed E-state index contributed by atoms with van der Waals surface area (Å²) in [7, 11) is 0. The Kier molecular flexibility index (Phi) is 6.09. The fraction of sp³-hybridized carbons (Fsp3) is 0.259. The monoisotopic (exact) mass is 445 g/mol. The summed E-state index contributed by atoms with van der Waals surface area (Å²) in [6.45, 7) is 8.19. The minimum atomic E-state index is -0.889. The van der Waals surface area contributed by atoms with Gasteiger partial charge in [0.2, 0.25) is 0 Å². The van der Waals surface area contributed by atoms with Crippen LogP contribution in [0.25, 0.3) is 5.76 Å². The van der Waals surface area contributed by atoms with E-state index >= 15 is 0 Å². The Morgan fingerprint density at radius 3 is 2.52 bits per heavy atom. The zero-order valence-electron chi connectivity index (χ0n) is 19.2. The van der Waals surface area contributed by atoms with E-state index in [9.17, 15) is 14.7 Å². The second kappa shape index (κ2) is 8.98. The number of carbonyl (C=O) groups is 2. The first-order chi connectivity index (χ1) is 15.8. The van der Waals surface area contributed by atoms with E-state index in [-0.39, 0.29) is 11.3 Å². The highest BCUT2D eigenvalue weighted by Gasteiger charge is 2.48. The van der Waals surface area contributed by atoms with Crippen molar-refractivity contribution in [2.45, 2.75) is 40.2 Å². The first kappa shape index (κ1) is 22.4. The molecule has 0 spiro atoms. The number of nitrogens with zero attached hydrogens (tertiary/aromatic N) is 1. The van der Waals surface area contributed by atoms with Crippen LogP contribution in [0.15, 0.2) is 64.6 Å². The number of rotatable bonds is 6. The van der Waals surface area contributed by atoms with Crippen molar-refractivity contribution < 1.29 is 23.8 Å². The van der Waals surface area contributed by atoms with Crippen LogP contribution in [-0.4, -0.2) is 23.4 Å². The van der Waals surface area contributed by atoms with Gasteiger partial charge in [0.05, 0.1) is 12.2 Å². The second-order valence-electron chi connectivity index (χ2n) is 8.28. The second-order valence-corrected chi connectivity index (χ2v) is 8.28. The molecular weight excluding hydrogens is 418 g/mol. The van der Waals surface area contributed by atoms with Crippen molar-refractivity contribution >= 4 is 23.1 Å². The normalized spacial score (nSPS) is 17.6. The van der Waals surface area contributed by atoms with Gasteiger partial charge in [-0.2, -0.15) is 0 Å². The smallest absolute Gasteiger partial charge is 0.300 e. The molecule has 1 aromatic heterocycles. The largest absolute Gasteiger partial charge is 0.507 e. The van der Waals surface area contributed by atoms with Crippen molar-refractivity contribution in [2.75, 3.05) is 11.5 Å². The van der Waals surface area contributed by atoms with E-state index in [0.29, 0.717) is 35.1 Å². The van der Waals surface area contributed by atoms with Gasteiger partial charge in [-0.05, 0) is 63.1 Å². The van der Waals surface area contributed by atoms with E-state index < -0.39 is 17.7 Å². The summed E-state index contributed by atoms with van der Waals surface area (Å²) in [5.74, 6) is -0.0957. The lowest BCUT2D eigenvalue weighted by molar-refractivity contribution is -0.132. The molecule has 4 rings (SSSR count). The maximum Gasteiger partial charge on any atom is 0.300 e. The van der Waals surface area contributed by atoms with Crippen molar-refractivity contribution in [3.63, 3.8) is 0 Å². The van der Waals surface area contributed by atoms with E-state index in [1.54, 1.807) is 43.3 Å². The number of aryl methyl sites for hydroxylation is 3. The van der Waals surface area contributed by atoms with Crippen LogP contribution in [0.3, 0.4) is 0 Å². The Balaban J connectivity index is 1.89. The number of carbonyl (C=O) groups excluding carboxylic acids is 2. The Hall–Kier alpha value is -3.80. The Morgan fingerprint density at radius 2 is 1.85 bits per heavy atom. The van der Waals surface area contributed by atoms with Gasteiger partial charge in [0.1, 0.15) is 29.1 Å². The third kappa shape index (κ3) is 4.16. The summed E-state index contributed by atoms with van der Waals surface area (Å²) in [5, 5.41) is 11.3. The highest BCUT2D eigenvalue weighted by atomic mass is 16.5. The summed E-state index contributed by atoms with van der Waals surface area (Å²) < 4.78 is 11.5. The first-order valence-corrected chi connectivity index (χ1v) is 11.0. The number of hydrogen-bond donors (Lipinski definition) is 1. The highest BCUT2D eigenvalue weighted by molar-refractivity contribution is 6.51. The fourth-order valence-corrected chi connectivity index (χ4v) is 4.13. The van der Waals surface area contributed by atoms with Crippen LogP contribution in [0.2, 0.25) is 0 Å². The zero-order valence-corrected chi connectivity index (χ0v) is 19.2. The lowest BCUT2D eigenvalue weighted by Crippen LogP contribution is -2.30. The molecule has 1 atom stereocenters. The predicted octanol–water partition coefficient (Wildman–Crippen LogP) is 5.62. The molecule has 170 valence electrons. The van der Waals surface area contributed by atoms with Crippen molar-refractivity contribution in [1.82, 2.24) is 0 Å². The lowest BCUT2D eigenvalue weighted by Gasteiger charge is -2.25. The molecule has 0 saturated carbocycles. The first-order valence-electron chi connectivity index (χ1n) is 11.0. The minimum Gasteiger partial charge on any atom is -0.507 e. The number of aliphatic hydroxyl groups is 1. The van der Waals surface area contributed by atoms with Gasteiger partial charge in [-0.1, -0.05) is 36.8 Å². The molecular formula is C27H27NO5. The fourth-order valence-electron chi connectivity index (χ4n) is 4.13. The van der Waals surface area contributed by atoms with Gasteiger partial charge in [0.15, 0.2) is 0 Å². The van der Waals surface area contributed by atoms with Gasteiger partial charge in [-0.3, -0.25) is 14.5 Å². The lowest BCUT2D eigenvalue weighted by atomic mass is 9.98. The van der Waals surface area contributed by atoms with Gasteiger partial charge in [0, 0.05) is 11.3 Å². The molecule has 1 saturated heterocycles. The third-order valence-electron chi connectivity index (χ3n) is 5.67. The van der Waals surface area contributed by atoms with Gasteiger partial charge < -0.3 is 14.3 Å². The number of amides is 1. The average molecular weight is 446 g/mol. The number of aliphatic hydroxyl groups excluding tert-OH is 1. The van der Waals surface area contributed by atoms with E-state index in [4.69, 9.17) is 9.15 Å². The highest BCUT2D eigenvalue weighted by Crippen LogP contribution is 2.43. The molecule has 1 amide bonds. The zero-order chi connectivity index (χ0) is 23.7. The van der Waals surface area contributed by atoms with Crippen LogP contribution in [0, 0.1) is 20.8 Å². The molecule has 33 heavy (non-hydrogen) atoms. The summed E-state index contributed by atoms with van der Waals surface area (Å²) in [6.07, 6.45) is 0.842. The average Bonchev–Trinajstić information content (AvgIpc) is 3.33. The van der Waals surface area contributed by atoms with Crippen LogP contribution in [0.1, 0.15) is 47.6 Å². The summed E-state index contributed by atoms with van der Waals surface area (Å²) in [5.41, 5.74) is 2.88. The molecule has 0 bridgehead atoms. The SMILES string of the molecule is CCCOc1cccc(/C(O)=C2/C(=O)C(=O)N(c3ccc(C)cc3C)C2c2ccc(C)o2)c1. The van der Waals surface area contributed by atoms with E-state index in [1.165, 1.54) is 4.90 Å². The standard InChI is InChI=1S/C27H27NO5/c1-5-13-32-20-8-6-7-19(15-20)25(29)23-24(22-12-10-18(4)33-22)28(27(31)26(23)30)21-11-9-16(2)14-17(21)3/h6-12,14-15,24,29H,5,13H2,1-4H3/b25-23-. The molecule has 2 aromatic carbocycles. The van der Waals surface area contributed by atoms with Gasteiger partial charge >= 0.3 is 0 Å². The number of anilines is 1. The van der Waals surface area contributed by atoms with Gasteiger partial charge in [0.25, 0.3) is 11.7 Å². The summed E-state index contributed by atoms with van der Waals surface area (Å²) >= 11 is 0. The van der Waals surface area contributed by atoms with Crippen molar-refractivity contribution in [3.8, 4) is 5.75 Å². The van der Waals surface area contributed by atoms with Gasteiger partial charge in [-0.15, -0.1) is 0 Å². The van der Waals surface area contributed by atoms with E-state index in [2.05, 4.69) is 0 Å². The molecule has 1 aliphatic rings. The minimum absolute atomic E-state index is 0.0121. The number of ether oxygens (including phenoxy) is 1. The molecule has 2 heterocycles. The molecule has 1 unspecified atom stereocenters. The number of hydrogen-bond acceptors (Lipinski definition) is 5. The molecule has 6 heteroatoms. The number of furan rings is 1. The molecule has 0 aliphatic carbocycles. The van der Waals surface area contributed by atoms with Gasteiger partial charge in [-0.25, -0.2) is 0 Å². The van der Waals surface area contributed by atoms with Crippen LogP contribution in [0.4, 0.5) is 5.69 Å². The van der Waals surface area contributed by atoms with Crippen LogP contribution in [-0.2, 0) is 9.59 Å². The number of benzene rings is 2. The quantitative estimate of drug-likeness (QED) is 0.303. The van der Waals surface area contributed by atoms with Crippen LogP contribution < -0.4 is 9.64 Å². The van der Waals surface area contributed by atoms with Crippen LogP contribution in [0.5, 0.6) is 5.75 Å². The Bertz CT molecular complexity index is 1250. The van der Waals surface area contributed by atoms with E-state index in [1.807, 2.05) is 39.0 Å². The molecule has 3 aromatic rings. The molecule has 6 nitrogen and oxygen atoms in total. The molecule has 0 radical (unpaired) electrons. The maximum absolute atomic E-state index is 13.3. The predicted molar refractivity (Wildman–Crippen MR) is 126 cm³/mol.